The first kappa shape index (κ1) is 61.0. The standard InChI is InChI=1S/C60H62O21/c61-55(70-31-45-19-7-1-8-20-45)76-43-53(80-59(65)74-35-49-27-15-5-16-28-49)41-68-39-51(78-57(63)72-33-47-23-11-3-12-24-47)37-67-38-52(79-58(64)73-34-48-25-13-4-14-26-48)40-69-42-54(81-60(66)75-36-50-29-17-6-18-30-50)44-77-56(62)71-32-46-21-9-2-10-22-46/h1-30,51-54H,31-44H2. The zero-order chi connectivity index (χ0) is 57.0. The molecule has 0 radical (unpaired) electrons. The molecule has 6 aromatic carbocycles. The molecule has 0 saturated heterocycles. The molecule has 0 aliphatic carbocycles. The number of benzene rings is 6. The van der Waals surface area contributed by atoms with Crippen molar-refractivity contribution in [2.75, 3.05) is 52.9 Å². The highest BCUT2D eigenvalue weighted by Gasteiger charge is 2.26. The average molecular weight is 1120 g/mol. The van der Waals surface area contributed by atoms with E-state index in [0.717, 1.165) is 0 Å². The van der Waals surface area contributed by atoms with Gasteiger partial charge in [-0.05, 0) is 33.4 Å². The number of hydrogen-bond donors (Lipinski definition) is 0. The average Bonchev–Trinajstić information content (AvgIpc) is 3.50. The second-order valence-corrected chi connectivity index (χ2v) is 17.3. The first-order valence-electron chi connectivity index (χ1n) is 25.5. The minimum atomic E-state index is -1.26. The van der Waals surface area contributed by atoms with Crippen LogP contribution in [0.2, 0.25) is 0 Å². The molecule has 4 atom stereocenters. The van der Waals surface area contributed by atoms with Crippen molar-refractivity contribution in [1.82, 2.24) is 0 Å². The SMILES string of the molecule is O=C(OCc1ccccc1)OCC(COCC(COCC(COCC(COC(=O)OCc1ccccc1)OC(=O)OCc1ccccc1)OC(=O)OCc1ccccc1)OC(=O)OCc1ccccc1)OC(=O)OCc1ccccc1. The fraction of sp³-hybridized carbons (Fsp3) is 0.300. The summed E-state index contributed by atoms with van der Waals surface area (Å²) in [5, 5.41) is 0. The number of hydrogen-bond acceptors (Lipinski definition) is 21. The van der Waals surface area contributed by atoms with Crippen LogP contribution in [0.1, 0.15) is 33.4 Å². The molecule has 0 bridgehead atoms. The quantitative estimate of drug-likeness (QED) is 0.0282. The van der Waals surface area contributed by atoms with E-state index in [1.54, 1.807) is 170 Å². The Balaban J connectivity index is 1.10. The van der Waals surface area contributed by atoms with Gasteiger partial charge < -0.3 is 71.1 Å². The van der Waals surface area contributed by atoms with Crippen LogP contribution in [0.5, 0.6) is 0 Å². The molecule has 4 unspecified atom stereocenters. The van der Waals surface area contributed by atoms with E-state index in [1.807, 2.05) is 12.1 Å². The van der Waals surface area contributed by atoms with E-state index in [-0.39, 0.29) is 39.6 Å². The van der Waals surface area contributed by atoms with E-state index in [9.17, 15) is 28.8 Å². The minimum Gasteiger partial charge on any atom is -0.430 e. The Kier molecular flexibility index (Phi) is 27.2. The summed E-state index contributed by atoms with van der Waals surface area (Å²) < 4.78 is 82.1. The molecule has 21 heteroatoms. The normalized spacial score (nSPS) is 12.1. The summed E-state index contributed by atoms with van der Waals surface area (Å²) in [4.78, 5) is 77.2. The van der Waals surface area contributed by atoms with Gasteiger partial charge in [-0.25, -0.2) is 28.8 Å². The maximum atomic E-state index is 13.1. The minimum absolute atomic E-state index is 0.0864. The van der Waals surface area contributed by atoms with Crippen molar-refractivity contribution in [2.45, 2.75) is 64.1 Å². The van der Waals surface area contributed by atoms with Gasteiger partial charge in [-0.1, -0.05) is 182 Å². The topological polar surface area (TPSA) is 241 Å². The highest BCUT2D eigenvalue weighted by atomic mass is 16.8. The Hall–Kier alpha value is -9.18. The number of ether oxygens (including phenoxy) is 15. The molecule has 81 heavy (non-hydrogen) atoms. The van der Waals surface area contributed by atoms with E-state index in [1.165, 1.54) is 0 Å². The van der Waals surface area contributed by atoms with Crippen molar-refractivity contribution in [3.05, 3.63) is 215 Å². The van der Waals surface area contributed by atoms with Crippen molar-refractivity contribution in [3.63, 3.8) is 0 Å². The Morgan fingerprint density at radius 1 is 0.222 bits per heavy atom. The third-order valence-corrected chi connectivity index (χ3v) is 10.8. The van der Waals surface area contributed by atoms with Gasteiger partial charge in [0.05, 0.1) is 39.6 Å². The van der Waals surface area contributed by atoms with E-state index in [2.05, 4.69) is 0 Å². The zero-order valence-electron chi connectivity index (χ0n) is 44.1. The van der Waals surface area contributed by atoms with E-state index in [4.69, 9.17) is 71.1 Å². The van der Waals surface area contributed by atoms with Gasteiger partial charge in [-0.3, -0.25) is 0 Å². The van der Waals surface area contributed by atoms with Crippen molar-refractivity contribution in [1.29, 1.82) is 0 Å². The van der Waals surface area contributed by atoms with Crippen molar-refractivity contribution >= 4 is 36.9 Å². The van der Waals surface area contributed by atoms with Crippen LogP contribution in [0.15, 0.2) is 182 Å². The number of rotatable bonds is 32. The molecule has 21 nitrogen and oxygen atoms in total. The molecule has 0 saturated carbocycles. The fourth-order valence-corrected chi connectivity index (χ4v) is 6.84. The van der Waals surface area contributed by atoms with Crippen LogP contribution in [-0.2, 0) is 111 Å². The lowest BCUT2D eigenvalue weighted by Crippen LogP contribution is -2.36. The largest absolute Gasteiger partial charge is 0.509 e. The molecule has 0 heterocycles. The fourth-order valence-electron chi connectivity index (χ4n) is 6.84. The third kappa shape index (κ3) is 26.4. The summed E-state index contributed by atoms with van der Waals surface area (Å²) in [5.74, 6) is 0. The van der Waals surface area contributed by atoms with Crippen LogP contribution in [0.25, 0.3) is 0 Å². The van der Waals surface area contributed by atoms with Crippen LogP contribution in [-0.4, -0.2) is 114 Å². The Bertz CT molecular complexity index is 2550. The summed E-state index contributed by atoms with van der Waals surface area (Å²) >= 11 is 0. The van der Waals surface area contributed by atoms with Crippen molar-refractivity contribution < 1.29 is 99.8 Å². The van der Waals surface area contributed by atoms with Gasteiger partial charge in [0.25, 0.3) is 0 Å². The lowest BCUT2D eigenvalue weighted by atomic mass is 10.2. The molecule has 0 aliphatic rings. The lowest BCUT2D eigenvalue weighted by Gasteiger charge is -2.23. The van der Waals surface area contributed by atoms with Crippen LogP contribution in [0.3, 0.4) is 0 Å². The van der Waals surface area contributed by atoms with Crippen LogP contribution < -0.4 is 0 Å². The highest BCUT2D eigenvalue weighted by Crippen LogP contribution is 2.13. The van der Waals surface area contributed by atoms with E-state index in [0.29, 0.717) is 33.4 Å². The first-order chi connectivity index (χ1) is 39.6. The Morgan fingerprint density at radius 3 is 0.593 bits per heavy atom. The van der Waals surface area contributed by atoms with Crippen LogP contribution in [0.4, 0.5) is 28.8 Å². The smallest absolute Gasteiger partial charge is 0.430 e. The molecule has 0 aromatic heterocycles. The summed E-state index contributed by atoms with van der Waals surface area (Å²) in [6.45, 7) is -4.23. The van der Waals surface area contributed by atoms with Crippen LogP contribution in [0, 0.1) is 0 Å². The number of carbonyl (C=O) groups excluding carboxylic acids is 6. The Labute approximate surface area is 467 Å². The van der Waals surface area contributed by atoms with Gasteiger partial charge >= 0.3 is 36.9 Å². The van der Waals surface area contributed by atoms with Crippen LogP contribution >= 0.6 is 0 Å². The second kappa shape index (κ2) is 36.1. The molecule has 0 fully saturated rings. The summed E-state index contributed by atoms with van der Waals surface area (Å²) in [5.41, 5.74) is 4.12. The van der Waals surface area contributed by atoms with Gasteiger partial charge in [0.15, 0.2) is 24.4 Å². The molecule has 0 aliphatic heterocycles. The molecular formula is C60H62O21. The molecule has 6 aromatic rings. The molecular weight excluding hydrogens is 1060 g/mol. The molecule has 6 rings (SSSR count). The third-order valence-electron chi connectivity index (χ3n) is 10.8. The van der Waals surface area contributed by atoms with Gasteiger partial charge in [0.1, 0.15) is 52.9 Å². The van der Waals surface area contributed by atoms with Gasteiger partial charge in [-0.2, -0.15) is 0 Å². The van der Waals surface area contributed by atoms with Crippen molar-refractivity contribution in [3.8, 4) is 0 Å². The monoisotopic (exact) mass is 1120 g/mol. The maximum absolute atomic E-state index is 13.1. The predicted molar refractivity (Wildman–Crippen MR) is 284 cm³/mol. The zero-order valence-corrected chi connectivity index (χ0v) is 44.1. The summed E-state index contributed by atoms with van der Waals surface area (Å²) in [7, 11) is 0. The first-order valence-corrected chi connectivity index (χ1v) is 25.5. The number of carbonyl (C=O) groups is 6. The maximum Gasteiger partial charge on any atom is 0.509 e. The Morgan fingerprint density at radius 2 is 0.395 bits per heavy atom. The summed E-state index contributed by atoms with van der Waals surface area (Å²) in [6.07, 6.45) is -11.5. The molecule has 0 amide bonds. The highest BCUT2D eigenvalue weighted by molar-refractivity contribution is 5.62. The second-order valence-electron chi connectivity index (χ2n) is 17.3. The van der Waals surface area contributed by atoms with Gasteiger partial charge in [-0.15, -0.1) is 0 Å². The van der Waals surface area contributed by atoms with Gasteiger partial charge in [0, 0.05) is 0 Å². The molecule has 0 spiro atoms. The summed E-state index contributed by atoms with van der Waals surface area (Å²) in [6, 6.07) is 53.1. The molecule has 428 valence electrons. The van der Waals surface area contributed by atoms with Gasteiger partial charge in [0.2, 0.25) is 0 Å². The van der Waals surface area contributed by atoms with E-state index >= 15 is 0 Å². The molecule has 0 N–H and O–H groups in total. The van der Waals surface area contributed by atoms with Crippen molar-refractivity contribution in [2.24, 2.45) is 0 Å². The lowest BCUT2D eigenvalue weighted by molar-refractivity contribution is -0.100. The predicted octanol–water partition coefficient (Wildman–Crippen LogP) is 10.6. The van der Waals surface area contributed by atoms with E-state index < -0.39 is 114 Å².